The normalized spacial score (nSPS) is 21.4. The Morgan fingerprint density at radius 3 is 2.65 bits per heavy atom. The standard InChI is InChI=1S/C13H18Br2N2O2S/c1-16(2)11-4-3-7-17(9-11)20(18,19)13-8-10(14)5-6-12(13)15/h5-6,8,11H,3-4,7,9H2,1-2H3. The van der Waals surface area contributed by atoms with Crippen LogP contribution in [-0.2, 0) is 10.0 Å². The van der Waals surface area contributed by atoms with E-state index in [2.05, 4.69) is 36.8 Å². The Bertz CT molecular complexity index is 590. The molecule has 1 aromatic rings. The first-order valence-corrected chi connectivity index (χ1v) is 9.46. The molecule has 1 unspecified atom stereocenters. The van der Waals surface area contributed by atoms with Crippen LogP contribution in [0.2, 0.25) is 0 Å². The van der Waals surface area contributed by atoms with Crippen molar-refractivity contribution in [3.63, 3.8) is 0 Å². The number of benzene rings is 1. The van der Waals surface area contributed by atoms with Crippen LogP contribution in [0.1, 0.15) is 12.8 Å². The van der Waals surface area contributed by atoms with Crippen LogP contribution in [0.15, 0.2) is 32.0 Å². The smallest absolute Gasteiger partial charge is 0.244 e. The van der Waals surface area contributed by atoms with Gasteiger partial charge < -0.3 is 4.90 Å². The van der Waals surface area contributed by atoms with E-state index in [4.69, 9.17) is 0 Å². The quantitative estimate of drug-likeness (QED) is 0.747. The van der Waals surface area contributed by atoms with Crippen molar-refractivity contribution < 1.29 is 8.42 Å². The van der Waals surface area contributed by atoms with Gasteiger partial charge in [-0.1, -0.05) is 15.9 Å². The molecule has 1 aliphatic rings. The van der Waals surface area contributed by atoms with Crippen LogP contribution in [0.5, 0.6) is 0 Å². The monoisotopic (exact) mass is 424 g/mol. The first-order chi connectivity index (χ1) is 9.32. The Morgan fingerprint density at radius 2 is 2.00 bits per heavy atom. The molecule has 1 aliphatic heterocycles. The van der Waals surface area contributed by atoms with Crippen molar-refractivity contribution in [1.82, 2.24) is 9.21 Å². The lowest BCUT2D eigenvalue weighted by atomic mass is 10.1. The summed E-state index contributed by atoms with van der Waals surface area (Å²) in [6.07, 6.45) is 1.94. The molecule has 1 saturated heterocycles. The second-order valence-electron chi connectivity index (χ2n) is 5.20. The van der Waals surface area contributed by atoms with E-state index in [0.717, 1.165) is 17.3 Å². The minimum absolute atomic E-state index is 0.282. The SMILES string of the molecule is CN(C)C1CCCN(S(=O)(=O)c2cc(Br)ccc2Br)C1. The van der Waals surface area contributed by atoms with E-state index >= 15 is 0 Å². The summed E-state index contributed by atoms with van der Waals surface area (Å²) in [6.45, 7) is 1.14. The van der Waals surface area contributed by atoms with Crippen LogP contribution in [0, 0.1) is 0 Å². The highest BCUT2D eigenvalue weighted by Gasteiger charge is 2.32. The lowest BCUT2D eigenvalue weighted by molar-refractivity contribution is 0.190. The number of sulfonamides is 1. The molecule has 0 aliphatic carbocycles. The summed E-state index contributed by atoms with van der Waals surface area (Å²) in [6, 6.07) is 5.51. The van der Waals surface area contributed by atoms with Gasteiger partial charge in [0.05, 0.1) is 4.90 Å². The van der Waals surface area contributed by atoms with Gasteiger partial charge in [-0.3, -0.25) is 0 Å². The third kappa shape index (κ3) is 3.44. The Hall–Kier alpha value is 0.0500. The minimum atomic E-state index is -3.45. The number of rotatable bonds is 3. The van der Waals surface area contributed by atoms with E-state index in [0.29, 0.717) is 22.5 Å². The van der Waals surface area contributed by atoms with Gasteiger partial charge in [-0.25, -0.2) is 8.42 Å². The van der Waals surface area contributed by atoms with E-state index < -0.39 is 10.0 Å². The molecule has 0 saturated carbocycles. The number of likely N-dealkylation sites (N-methyl/N-ethyl adjacent to an activating group) is 1. The van der Waals surface area contributed by atoms with E-state index in [-0.39, 0.29) is 6.04 Å². The fourth-order valence-corrected chi connectivity index (χ4v) is 5.35. The van der Waals surface area contributed by atoms with Crippen molar-refractivity contribution in [2.45, 2.75) is 23.8 Å². The van der Waals surface area contributed by atoms with Gasteiger partial charge in [0, 0.05) is 28.1 Å². The molecule has 112 valence electrons. The third-order valence-electron chi connectivity index (χ3n) is 3.60. The van der Waals surface area contributed by atoms with Gasteiger partial charge in [-0.05, 0) is 61.1 Å². The molecule has 1 heterocycles. The third-order valence-corrected chi connectivity index (χ3v) is 6.95. The summed E-state index contributed by atoms with van der Waals surface area (Å²) in [7, 11) is 0.540. The minimum Gasteiger partial charge on any atom is -0.305 e. The fraction of sp³-hybridized carbons (Fsp3) is 0.538. The molecular weight excluding hydrogens is 408 g/mol. The fourth-order valence-electron chi connectivity index (χ4n) is 2.37. The molecule has 7 heteroatoms. The molecule has 1 fully saturated rings. The van der Waals surface area contributed by atoms with Gasteiger partial charge in [-0.2, -0.15) is 4.31 Å². The predicted molar refractivity (Wildman–Crippen MR) is 87.3 cm³/mol. The highest BCUT2D eigenvalue weighted by molar-refractivity contribution is 9.11. The second-order valence-corrected chi connectivity index (χ2v) is 8.87. The van der Waals surface area contributed by atoms with Crippen molar-refractivity contribution in [3.8, 4) is 0 Å². The Balaban J connectivity index is 2.32. The Morgan fingerprint density at radius 1 is 1.30 bits per heavy atom. The zero-order valence-corrected chi connectivity index (χ0v) is 15.5. The molecule has 1 aromatic carbocycles. The van der Waals surface area contributed by atoms with Crippen molar-refractivity contribution in [1.29, 1.82) is 0 Å². The predicted octanol–water partition coefficient (Wildman–Crippen LogP) is 2.93. The summed E-state index contributed by atoms with van der Waals surface area (Å²) in [4.78, 5) is 2.42. The average Bonchev–Trinajstić information content (AvgIpc) is 2.41. The molecule has 0 amide bonds. The molecule has 0 spiro atoms. The van der Waals surface area contributed by atoms with Gasteiger partial charge >= 0.3 is 0 Å². The highest BCUT2D eigenvalue weighted by Crippen LogP contribution is 2.30. The molecule has 4 nitrogen and oxygen atoms in total. The largest absolute Gasteiger partial charge is 0.305 e. The zero-order chi connectivity index (χ0) is 14.9. The summed E-state index contributed by atoms with van der Waals surface area (Å²) in [5, 5.41) is 0. The highest BCUT2D eigenvalue weighted by atomic mass is 79.9. The van der Waals surface area contributed by atoms with E-state index in [1.807, 2.05) is 20.2 Å². The van der Waals surface area contributed by atoms with Crippen molar-refractivity contribution >= 4 is 41.9 Å². The van der Waals surface area contributed by atoms with Crippen molar-refractivity contribution in [2.24, 2.45) is 0 Å². The zero-order valence-electron chi connectivity index (χ0n) is 11.5. The second kappa shape index (κ2) is 6.44. The van der Waals surface area contributed by atoms with Gasteiger partial charge in [-0.15, -0.1) is 0 Å². The summed E-state index contributed by atoms with van der Waals surface area (Å²) in [5.41, 5.74) is 0. The van der Waals surface area contributed by atoms with Crippen LogP contribution in [0.25, 0.3) is 0 Å². The molecule has 0 N–H and O–H groups in total. The van der Waals surface area contributed by atoms with Crippen LogP contribution < -0.4 is 0 Å². The van der Waals surface area contributed by atoms with Crippen LogP contribution in [-0.4, -0.2) is 50.8 Å². The number of hydrogen-bond acceptors (Lipinski definition) is 3. The van der Waals surface area contributed by atoms with Gasteiger partial charge in [0.25, 0.3) is 0 Å². The van der Waals surface area contributed by atoms with E-state index in [9.17, 15) is 8.42 Å². The molecule has 1 atom stereocenters. The van der Waals surface area contributed by atoms with Crippen molar-refractivity contribution in [3.05, 3.63) is 27.1 Å². The summed E-state index contributed by atoms with van der Waals surface area (Å²) in [5.74, 6) is 0. The average molecular weight is 426 g/mol. The van der Waals surface area contributed by atoms with E-state index in [1.54, 1.807) is 16.4 Å². The number of halogens is 2. The maximum absolute atomic E-state index is 12.8. The molecule has 0 bridgehead atoms. The lowest BCUT2D eigenvalue weighted by Crippen LogP contribution is -2.47. The molecule has 2 rings (SSSR count). The number of hydrogen-bond donors (Lipinski definition) is 0. The van der Waals surface area contributed by atoms with Gasteiger partial charge in [0.15, 0.2) is 0 Å². The topological polar surface area (TPSA) is 40.6 Å². The number of piperidine rings is 1. The Kier molecular flexibility index (Phi) is 5.29. The summed E-state index contributed by atoms with van der Waals surface area (Å²) < 4.78 is 28.5. The molecular formula is C13H18Br2N2O2S. The molecule has 0 aromatic heterocycles. The first-order valence-electron chi connectivity index (χ1n) is 6.44. The van der Waals surface area contributed by atoms with Crippen LogP contribution in [0.4, 0.5) is 0 Å². The molecule has 0 radical (unpaired) electrons. The van der Waals surface area contributed by atoms with E-state index in [1.165, 1.54) is 0 Å². The lowest BCUT2D eigenvalue weighted by Gasteiger charge is -2.35. The molecule has 20 heavy (non-hydrogen) atoms. The first kappa shape index (κ1) is 16.4. The van der Waals surface area contributed by atoms with Crippen molar-refractivity contribution in [2.75, 3.05) is 27.2 Å². The Labute approximate surface area is 137 Å². The maximum atomic E-state index is 12.8. The van der Waals surface area contributed by atoms with Crippen LogP contribution in [0.3, 0.4) is 0 Å². The van der Waals surface area contributed by atoms with Crippen LogP contribution >= 0.6 is 31.9 Å². The summed E-state index contributed by atoms with van der Waals surface area (Å²) >= 11 is 6.68. The van der Waals surface area contributed by atoms with Gasteiger partial charge in [0.1, 0.15) is 0 Å². The number of nitrogens with zero attached hydrogens (tertiary/aromatic N) is 2. The van der Waals surface area contributed by atoms with Gasteiger partial charge in [0.2, 0.25) is 10.0 Å². The maximum Gasteiger partial charge on any atom is 0.244 e.